The molecule has 3 nitrogen and oxygen atoms in total. The van der Waals surface area contributed by atoms with Gasteiger partial charge in [0, 0.05) is 6.42 Å². The Morgan fingerprint density at radius 1 is 1.19 bits per heavy atom. The van der Waals surface area contributed by atoms with Crippen molar-refractivity contribution in [2.45, 2.75) is 31.9 Å². The van der Waals surface area contributed by atoms with Crippen molar-refractivity contribution >= 4 is 11.7 Å². The Kier molecular flexibility index (Phi) is 4.82. The quantitative estimate of drug-likeness (QED) is 0.461. The summed E-state index contributed by atoms with van der Waals surface area (Å²) in [6, 6.07) is 0. The third-order valence-electron chi connectivity index (χ3n) is 1.62. The molecule has 0 aromatic rings. The molecule has 0 saturated heterocycles. The van der Waals surface area contributed by atoms with Gasteiger partial charge in [0.05, 0.1) is 18.7 Å². The van der Waals surface area contributed by atoms with E-state index in [9.17, 15) is 26.7 Å². The van der Waals surface area contributed by atoms with Crippen LogP contribution in [0.4, 0.5) is 22.0 Å². The van der Waals surface area contributed by atoms with Crippen molar-refractivity contribution in [1.29, 1.82) is 5.41 Å². The number of alkyl halides is 5. The molecule has 0 amide bonds. The number of ether oxygens (including phenoxy) is 1. The Labute approximate surface area is 88.1 Å². The Morgan fingerprint density at radius 2 is 1.69 bits per heavy atom. The number of hydrogen-bond acceptors (Lipinski definition) is 3. The molecule has 1 N–H and O–H groups in total. The minimum atomic E-state index is -5.81. The topological polar surface area (TPSA) is 50.2 Å². The highest BCUT2D eigenvalue weighted by atomic mass is 19.4. The minimum absolute atomic E-state index is 0.00182. The zero-order valence-electron chi connectivity index (χ0n) is 8.33. The van der Waals surface area contributed by atoms with Crippen molar-refractivity contribution in [3.8, 4) is 0 Å². The first kappa shape index (κ1) is 14.8. The van der Waals surface area contributed by atoms with Gasteiger partial charge in [-0.25, -0.2) is 0 Å². The van der Waals surface area contributed by atoms with Crippen molar-refractivity contribution in [2.24, 2.45) is 0 Å². The second kappa shape index (κ2) is 5.22. The lowest BCUT2D eigenvalue weighted by Gasteiger charge is -2.19. The number of esters is 1. The molecule has 0 unspecified atom stereocenters. The molecule has 0 bridgehead atoms. The highest BCUT2D eigenvalue weighted by molar-refractivity contribution is 5.91. The van der Waals surface area contributed by atoms with Crippen LogP contribution in [0.5, 0.6) is 0 Å². The monoisotopic (exact) mass is 247 g/mol. The number of carbonyl (C=O) groups excluding carboxylic acids is 1. The smallest absolute Gasteiger partial charge is 0.459 e. The van der Waals surface area contributed by atoms with Crippen LogP contribution in [0, 0.1) is 5.41 Å². The average Bonchev–Trinajstić information content (AvgIpc) is 2.12. The van der Waals surface area contributed by atoms with Crippen LogP contribution >= 0.6 is 0 Å². The fourth-order valence-corrected chi connectivity index (χ4v) is 0.788. The first-order chi connectivity index (χ1) is 7.13. The molecule has 0 aliphatic rings. The highest BCUT2D eigenvalue weighted by Gasteiger charge is 2.60. The summed E-state index contributed by atoms with van der Waals surface area (Å²) in [6.07, 6.45) is -7.46. The van der Waals surface area contributed by atoms with Crippen LogP contribution in [0.1, 0.15) is 19.8 Å². The Bertz CT molecular complexity index is 274. The van der Waals surface area contributed by atoms with E-state index < -0.39 is 36.6 Å². The summed E-state index contributed by atoms with van der Waals surface area (Å²) in [6.45, 7) is 1.47. The van der Waals surface area contributed by atoms with E-state index in [0.717, 1.165) is 0 Å². The lowest BCUT2D eigenvalue weighted by atomic mass is 10.1. The van der Waals surface area contributed by atoms with Crippen molar-refractivity contribution in [1.82, 2.24) is 0 Å². The van der Waals surface area contributed by atoms with Crippen LogP contribution in [-0.2, 0) is 9.53 Å². The van der Waals surface area contributed by atoms with Crippen molar-refractivity contribution < 1.29 is 31.5 Å². The van der Waals surface area contributed by atoms with Crippen LogP contribution in [0.15, 0.2) is 0 Å². The van der Waals surface area contributed by atoms with E-state index in [2.05, 4.69) is 4.74 Å². The Balaban J connectivity index is 4.32. The standard InChI is InChI=1S/C8H10F5NO2/c1-2-16-6(15)4-3-5(14)7(9,10)8(11,12)13/h14H,2-4H2,1H3. The Morgan fingerprint density at radius 3 is 2.06 bits per heavy atom. The van der Waals surface area contributed by atoms with Gasteiger partial charge >= 0.3 is 18.1 Å². The summed E-state index contributed by atoms with van der Waals surface area (Å²) in [7, 11) is 0. The second-order valence-electron chi connectivity index (χ2n) is 2.86. The molecule has 0 fully saturated rings. The average molecular weight is 247 g/mol. The molecule has 0 spiro atoms. The van der Waals surface area contributed by atoms with Gasteiger partial charge in [0.25, 0.3) is 0 Å². The number of rotatable bonds is 5. The van der Waals surface area contributed by atoms with Crippen LogP contribution in [0.25, 0.3) is 0 Å². The van der Waals surface area contributed by atoms with Gasteiger partial charge in [-0.1, -0.05) is 0 Å². The summed E-state index contributed by atoms with van der Waals surface area (Å²) in [5.74, 6) is -6.11. The first-order valence-electron chi connectivity index (χ1n) is 4.31. The maximum Gasteiger partial charge on any atom is 0.459 e. The molecule has 16 heavy (non-hydrogen) atoms. The zero-order chi connectivity index (χ0) is 13.0. The predicted molar refractivity (Wildman–Crippen MR) is 44.6 cm³/mol. The van der Waals surface area contributed by atoms with E-state index in [-0.39, 0.29) is 6.61 Å². The normalized spacial score (nSPS) is 12.4. The molecule has 8 heteroatoms. The third kappa shape index (κ3) is 3.74. The van der Waals surface area contributed by atoms with Gasteiger partial charge < -0.3 is 10.1 Å². The van der Waals surface area contributed by atoms with Gasteiger partial charge in [0.2, 0.25) is 0 Å². The SMILES string of the molecule is CCOC(=O)CCC(=N)C(F)(F)C(F)(F)F. The fourth-order valence-electron chi connectivity index (χ4n) is 0.788. The van der Waals surface area contributed by atoms with E-state index in [1.807, 2.05) is 0 Å². The van der Waals surface area contributed by atoms with E-state index in [4.69, 9.17) is 5.41 Å². The molecule has 0 heterocycles. The molecule has 0 aromatic carbocycles. The van der Waals surface area contributed by atoms with E-state index in [1.54, 1.807) is 0 Å². The molecule has 94 valence electrons. The van der Waals surface area contributed by atoms with E-state index in [0.29, 0.717) is 0 Å². The van der Waals surface area contributed by atoms with Crippen LogP contribution in [0.3, 0.4) is 0 Å². The third-order valence-corrected chi connectivity index (χ3v) is 1.62. The molecule has 0 aromatic heterocycles. The summed E-state index contributed by atoms with van der Waals surface area (Å²) >= 11 is 0. The molecular formula is C8H10F5NO2. The highest BCUT2D eigenvalue weighted by Crippen LogP contribution is 2.37. The first-order valence-corrected chi connectivity index (χ1v) is 4.31. The summed E-state index contributed by atoms with van der Waals surface area (Å²) in [5.41, 5.74) is -1.84. The fraction of sp³-hybridized carbons (Fsp3) is 0.750. The number of halogens is 5. The van der Waals surface area contributed by atoms with Crippen molar-refractivity contribution in [2.75, 3.05) is 6.61 Å². The molecule has 0 aliphatic heterocycles. The summed E-state index contributed by atoms with van der Waals surface area (Å²) < 4.78 is 64.5. The number of carbonyl (C=O) groups is 1. The molecule has 0 saturated carbocycles. The van der Waals surface area contributed by atoms with Crippen LogP contribution in [-0.4, -0.2) is 30.4 Å². The largest absolute Gasteiger partial charge is 0.466 e. The van der Waals surface area contributed by atoms with Crippen LogP contribution in [0.2, 0.25) is 0 Å². The summed E-state index contributed by atoms with van der Waals surface area (Å²) in [5, 5.41) is 6.59. The van der Waals surface area contributed by atoms with E-state index >= 15 is 0 Å². The van der Waals surface area contributed by atoms with Crippen molar-refractivity contribution in [3.05, 3.63) is 0 Å². The Hall–Kier alpha value is -1.21. The van der Waals surface area contributed by atoms with E-state index in [1.165, 1.54) is 6.92 Å². The lowest BCUT2D eigenvalue weighted by Crippen LogP contribution is -2.43. The van der Waals surface area contributed by atoms with Gasteiger partial charge in [-0.05, 0) is 6.92 Å². The minimum Gasteiger partial charge on any atom is -0.466 e. The number of hydrogen-bond donors (Lipinski definition) is 1. The van der Waals surface area contributed by atoms with Gasteiger partial charge in [-0.15, -0.1) is 0 Å². The van der Waals surface area contributed by atoms with Crippen molar-refractivity contribution in [3.63, 3.8) is 0 Å². The molecule has 0 aliphatic carbocycles. The predicted octanol–water partition coefficient (Wildman–Crippen LogP) is 2.55. The lowest BCUT2D eigenvalue weighted by molar-refractivity contribution is -0.250. The summed E-state index contributed by atoms with van der Waals surface area (Å²) in [4.78, 5) is 10.7. The zero-order valence-corrected chi connectivity index (χ0v) is 8.33. The van der Waals surface area contributed by atoms with Gasteiger partial charge in [0.1, 0.15) is 0 Å². The second-order valence-corrected chi connectivity index (χ2v) is 2.86. The van der Waals surface area contributed by atoms with Gasteiger partial charge in [-0.2, -0.15) is 22.0 Å². The molecular weight excluding hydrogens is 237 g/mol. The number of nitrogens with one attached hydrogen (secondary N) is 1. The maximum atomic E-state index is 12.5. The van der Waals surface area contributed by atoms with Gasteiger partial charge in [0.15, 0.2) is 0 Å². The molecule has 0 atom stereocenters. The van der Waals surface area contributed by atoms with Gasteiger partial charge in [-0.3, -0.25) is 4.79 Å². The van der Waals surface area contributed by atoms with Crippen LogP contribution < -0.4 is 0 Å². The molecule has 0 rings (SSSR count). The maximum absolute atomic E-state index is 12.5. The molecule has 0 radical (unpaired) electrons.